The van der Waals surface area contributed by atoms with Gasteiger partial charge in [0.15, 0.2) is 0 Å². The average molecular weight is 798 g/mol. The molecule has 0 atom stereocenters. The number of fused-ring (bicyclic) bond motifs is 4. The molecule has 4 aromatic heterocycles. The summed E-state index contributed by atoms with van der Waals surface area (Å²) in [7, 11) is 0. The molecule has 4 heterocycles. The topological polar surface area (TPSA) is 140 Å². The van der Waals surface area contributed by atoms with Crippen LogP contribution in [-0.4, -0.2) is 39.9 Å². The first kappa shape index (κ1) is 21.8. The van der Waals surface area contributed by atoms with Gasteiger partial charge in [0.2, 0.25) is 0 Å². The van der Waals surface area contributed by atoms with Gasteiger partial charge in [-0.1, -0.05) is 0 Å². The molecule has 8 aromatic rings. The molecular weight excluding hydrogens is 748 g/mol. The second kappa shape index (κ2) is 13.4. The van der Waals surface area contributed by atoms with Gasteiger partial charge in [0.1, 0.15) is 0 Å². The summed E-state index contributed by atoms with van der Waals surface area (Å²) < 4.78 is 147. The monoisotopic (exact) mass is 796 g/mol. The molecule has 0 saturated carbocycles. The first-order valence-electron chi connectivity index (χ1n) is 23.1. The van der Waals surface area contributed by atoms with E-state index in [0.717, 1.165) is 0 Å². The van der Waals surface area contributed by atoms with Gasteiger partial charge in [-0.05, 0) is 0 Å². The van der Waals surface area contributed by atoms with E-state index in [1.54, 1.807) is 52.0 Å². The number of hydrogen-bond acceptors (Lipinski definition) is 12. The molecule has 0 amide bonds. The Morgan fingerprint density at radius 2 is 0.811 bits per heavy atom. The standard InChI is InChI=1S/4C10H10N2O.Zr/c4*1-6-7(2)12-10-8(11-6)4-3-5-9(10)13;/h4*3-5,13H,1-2H3;/q;;;;+4/p-4/i1D3,2D3,3D,4D,5D;2D2,3D,4D,5D;;;. The van der Waals surface area contributed by atoms with Gasteiger partial charge in [0.25, 0.3) is 0 Å². The van der Waals surface area contributed by atoms with E-state index in [1.165, 1.54) is 19.1 Å². The number of hydrogen-bond donors (Lipinski definition) is 0. The van der Waals surface area contributed by atoms with Crippen molar-refractivity contribution in [2.45, 2.75) is 55.2 Å². The summed E-state index contributed by atoms with van der Waals surface area (Å²) in [6.45, 7) is 0.173. The van der Waals surface area contributed by atoms with Gasteiger partial charge < -0.3 is 0 Å². The first-order chi connectivity index (χ1) is 31.3. The molecule has 53 heavy (non-hydrogen) atoms. The van der Waals surface area contributed by atoms with Gasteiger partial charge in [0.05, 0.1) is 0 Å². The van der Waals surface area contributed by atoms with Gasteiger partial charge in [0, 0.05) is 0 Å². The van der Waals surface area contributed by atoms with E-state index < -0.39 is 118 Å². The van der Waals surface area contributed by atoms with Crippen LogP contribution in [0.2, 0.25) is 0 Å². The zero-order valence-electron chi connectivity index (χ0n) is 42.8. The number of aryl methyl sites for hydroxylation is 8. The molecule has 0 aliphatic rings. The molecular formula is C40H36N8O4Zr. The zero-order valence-corrected chi connectivity index (χ0v) is 31.2. The van der Waals surface area contributed by atoms with E-state index >= 15 is 0 Å². The Morgan fingerprint density at radius 3 is 1.32 bits per heavy atom. The van der Waals surface area contributed by atoms with Crippen LogP contribution < -0.4 is 11.3 Å². The molecule has 0 saturated heterocycles. The van der Waals surface area contributed by atoms with Crippen LogP contribution >= 0.6 is 0 Å². The number of aromatic nitrogens is 8. The predicted molar refractivity (Wildman–Crippen MR) is 199 cm³/mol. The Labute approximate surface area is 332 Å². The molecule has 0 bridgehead atoms. The molecule has 4 aromatic carbocycles. The van der Waals surface area contributed by atoms with Gasteiger partial charge >= 0.3 is 333 Å². The average Bonchev–Trinajstić information content (AvgIpc) is 3.25. The molecule has 13 heteroatoms. The number of rotatable bonds is 8. The number of para-hydroxylation sites is 4. The van der Waals surface area contributed by atoms with Crippen molar-refractivity contribution < 1.29 is 52.5 Å². The molecule has 0 radical (unpaired) electrons. The molecule has 0 aliphatic carbocycles. The van der Waals surface area contributed by atoms with E-state index in [4.69, 9.17) is 37.7 Å². The second-order valence-corrected chi connectivity index (χ2v) is 16.3. The summed E-state index contributed by atoms with van der Waals surface area (Å²) in [5.74, 6) is -1.73. The summed E-state index contributed by atoms with van der Waals surface area (Å²) >= 11 is -6.97. The van der Waals surface area contributed by atoms with Crippen LogP contribution in [0, 0.1) is 55.2 Å². The molecule has 12 nitrogen and oxygen atoms in total. The van der Waals surface area contributed by atoms with Crippen LogP contribution in [0.3, 0.4) is 0 Å². The predicted octanol–water partition coefficient (Wildman–Crippen LogP) is 8.36. The third kappa shape index (κ3) is 6.50. The summed E-state index contributed by atoms with van der Waals surface area (Å²) in [4.78, 5) is 35.8. The molecule has 8 rings (SSSR count). The summed E-state index contributed by atoms with van der Waals surface area (Å²) in [6.07, 6.45) is 0. The molecule has 264 valence electrons. The quantitative estimate of drug-likeness (QED) is 0.146. The van der Waals surface area contributed by atoms with Crippen molar-refractivity contribution in [3.05, 3.63) is 118 Å². The number of benzene rings is 4. The first-order valence-corrected chi connectivity index (χ1v) is 20.0. The third-order valence-corrected chi connectivity index (χ3v) is 12.8. The van der Waals surface area contributed by atoms with Crippen LogP contribution in [0.1, 0.15) is 64.7 Å². The van der Waals surface area contributed by atoms with Gasteiger partial charge in [-0.3, -0.25) is 0 Å². The molecule has 0 spiro atoms. The van der Waals surface area contributed by atoms with Crippen molar-refractivity contribution >= 4 is 44.1 Å². The Kier molecular flexibility index (Phi) is 5.49. The van der Waals surface area contributed by atoms with Crippen molar-refractivity contribution in [1.29, 1.82) is 0 Å². The fraction of sp³-hybridized carbons (Fsp3) is 0.200. The molecule has 0 unspecified atom stereocenters. The van der Waals surface area contributed by atoms with E-state index in [9.17, 15) is 2.74 Å². The van der Waals surface area contributed by atoms with Crippen LogP contribution in [0.15, 0.2) is 72.7 Å². The number of nitrogens with zero attached hydrogens (tertiary/aromatic N) is 8. The van der Waals surface area contributed by atoms with Crippen molar-refractivity contribution in [1.82, 2.24) is 39.9 Å². The van der Waals surface area contributed by atoms with Crippen molar-refractivity contribution in [2.75, 3.05) is 0 Å². The maximum atomic E-state index is 9.26. The van der Waals surface area contributed by atoms with Crippen LogP contribution in [0.25, 0.3) is 44.1 Å². The van der Waals surface area contributed by atoms with Crippen LogP contribution in [0.5, 0.6) is 23.0 Å². The van der Waals surface area contributed by atoms with E-state index in [0.29, 0.717) is 33.8 Å². The molecule has 0 N–H and O–H groups in total. The van der Waals surface area contributed by atoms with E-state index in [1.807, 2.05) is 0 Å². The van der Waals surface area contributed by atoms with Gasteiger partial charge in [-0.2, -0.15) is 0 Å². The minimum atomic E-state index is -6.97. The Hall–Kier alpha value is -5.68. The SMILES string of the molecule is [2H]c1c([2H])c([O][Zr]([O]c2cccc3nc(C)c(C)nc23)([O]c2cccc3nc(C)c(C)nc23)[O]c2c([2H])c([2H])c([2H])c3nc(C([2H])([2H])[2H])c(C([2H])([2H])[2H])nc23)c2nc(C([2H])[2H])c(C)nc2c1[2H]. The Morgan fingerprint density at radius 1 is 0.434 bits per heavy atom. The van der Waals surface area contributed by atoms with E-state index in [-0.39, 0.29) is 39.4 Å². The Bertz CT molecular complexity index is 3290. The third-order valence-electron chi connectivity index (χ3n) is 8.21. The normalized spacial score (nSPS) is 16.1. The Balaban J connectivity index is 1.54. The summed E-state index contributed by atoms with van der Waals surface area (Å²) in [6, 6.07) is 4.66. The fourth-order valence-corrected chi connectivity index (χ4v) is 9.98. The fourth-order valence-electron chi connectivity index (χ4n) is 5.28. The van der Waals surface area contributed by atoms with Crippen molar-refractivity contribution in [2.24, 2.45) is 0 Å². The van der Waals surface area contributed by atoms with Gasteiger partial charge in [-0.25, -0.2) is 0 Å². The summed E-state index contributed by atoms with van der Waals surface area (Å²) in [5.41, 5.74) is -1.20. The van der Waals surface area contributed by atoms with E-state index in [2.05, 4.69) is 29.9 Å². The van der Waals surface area contributed by atoms with Crippen LogP contribution in [-0.2, 0) is 22.0 Å². The zero-order chi connectivity index (χ0) is 48.8. The van der Waals surface area contributed by atoms with Crippen LogP contribution in [0.4, 0.5) is 0 Å². The second-order valence-electron chi connectivity index (χ2n) is 11.9. The summed E-state index contributed by atoms with van der Waals surface area (Å²) in [5, 5.41) is 0. The minimum absolute atomic E-state index is 0.0708. The molecule has 0 aliphatic heterocycles. The van der Waals surface area contributed by atoms with Crippen molar-refractivity contribution in [3.63, 3.8) is 0 Å². The van der Waals surface area contributed by atoms with Crippen molar-refractivity contribution in [3.8, 4) is 23.0 Å². The molecule has 0 fully saturated rings. The maximum absolute atomic E-state index is 9.26. The van der Waals surface area contributed by atoms with Gasteiger partial charge in [-0.15, -0.1) is 0 Å².